The van der Waals surface area contributed by atoms with Gasteiger partial charge in [-0.1, -0.05) is 30.3 Å². The summed E-state index contributed by atoms with van der Waals surface area (Å²) in [5, 5.41) is 2.01. The molecule has 0 spiro atoms. The lowest BCUT2D eigenvalue weighted by atomic mass is 10.0. The Balaban J connectivity index is 1.99. The summed E-state index contributed by atoms with van der Waals surface area (Å²) in [5.74, 6) is 0.833. The number of rotatable bonds is 6. The third-order valence-corrected chi connectivity index (χ3v) is 3.15. The average Bonchev–Trinajstić information content (AvgIpc) is 2.45. The van der Waals surface area contributed by atoms with Crippen molar-refractivity contribution in [1.82, 2.24) is 0 Å². The Morgan fingerprint density at radius 1 is 1.00 bits per heavy atom. The van der Waals surface area contributed by atoms with Crippen molar-refractivity contribution in [1.29, 1.82) is 0 Å². The van der Waals surface area contributed by atoms with Crippen LogP contribution in [0.15, 0.2) is 36.4 Å². The van der Waals surface area contributed by atoms with Gasteiger partial charge >= 0.3 is 6.18 Å². The third-order valence-electron chi connectivity index (χ3n) is 2.88. The Morgan fingerprint density at radius 2 is 1.76 bits per heavy atom. The second-order valence-corrected chi connectivity index (χ2v) is 4.68. The molecule has 0 fully saturated rings. The van der Waals surface area contributed by atoms with Gasteiger partial charge in [0.15, 0.2) is 0 Å². The van der Waals surface area contributed by atoms with Crippen LogP contribution in [-0.2, 0) is 10.6 Å². The molecular weight excluding hydrogens is 305 g/mol. The van der Waals surface area contributed by atoms with Gasteiger partial charge in [-0.2, -0.15) is 13.2 Å². The maximum absolute atomic E-state index is 11.9. The van der Waals surface area contributed by atoms with Crippen molar-refractivity contribution in [2.45, 2.75) is 12.1 Å². The van der Waals surface area contributed by atoms with Gasteiger partial charge in [-0.05, 0) is 16.8 Å². The van der Waals surface area contributed by atoms with Crippen molar-refractivity contribution in [3.05, 3.63) is 42.0 Å². The van der Waals surface area contributed by atoms with Crippen LogP contribution in [0.4, 0.5) is 13.2 Å². The zero-order chi connectivity index (χ0) is 15.3. The molecule has 0 aromatic heterocycles. The Morgan fingerprint density at radius 3 is 2.48 bits per heavy atom. The van der Waals surface area contributed by atoms with Gasteiger partial charge in [0.2, 0.25) is 0 Å². The molecule has 0 N–H and O–H groups in total. The van der Waals surface area contributed by atoms with E-state index in [2.05, 4.69) is 4.74 Å². The van der Waals surface area contributed by atoms with Gasteiger partial charge in [-0.15, -0.1) is 11.6 Å². The van der Waals surface area contributed by atoms with E-state index in [-0.39, 0.29) is 19.1 Å². The largest absolute Gasteiger partial charge is 0.491 e. The molecule has 0 unspecified atom stereocenters. The summed E-state index contributed by atoms with van der Waals surface area (Å²) in [6.07, 6.45) is -4.32. The van der Waals surface area contributed by atoms with Gasteiger partial charge < -0.3 is 9.47 Å². The van der Waals surface area contributed by atoms with E-state index in [0.29, 0.717) is 5.75 Å². The molecule has 0 amide bonds. The van der Waals surface area contributed by atoms with Gasteiger partial charge in [0.1, 0.15) is 19.0 Å². The molecule has 0 heterocycles. The summed E-state index contributed by atoms with van der Waals surface area (Å²) in [6.45, 7) is -1.36. The maximum atomic E-state index is 11.9. The molecule has 0 aliphatic carbocycles. The molecule has 0 saturated heterocycles. The van der Waals surface area contributed by atoms with Crippen LogP contribution in [-0.4, -0.2) is 26.0 Å². The van der Waals surface area contributed by atoms with Crippen LogP contribution in [0.3, 0.4) is 0 Å². The summed E-state index contributed by atoms with van der Waals surface area (Å²) < 4.78 is 45.7. The lowest BCUT2D eigenvalue weighted by Gasteiger charge is -2.13. The van der Waals surface area contributed by atoms with Crippen molar-refractivity contribution < 1.29 is 22.6 Å². The van der Waals surface area contributed by atoms with Crippen molar-refractivity contribution in [3.63, 3.8) is 0 Å². The van der Waals surface area contributed by atoms with E-state index in [1.807, 2.05) is 30.3 Å². The molecule has 0 aliphatic heterocycles. The topological polar surface area (TPSA) is 18.5 Å². The van der Waals surface area contributed by atoms with Crippen LogP contribution in [0, 0.1) is 0 Å². The molecule has 0 atom stereocenters. The van der Waals surface area contributed by atoms with Crippen LogP contribution < -0.4 is 4.74 Å². The lowest BCUT2D eigenvalue weighted by molar-refractivity contribution is -0.175. The molecule has 0 radical (unpaired) electrons. The predicted octanol–water partition coefficient (Wildman–Crippen LogP) is 4.54. The average molecular weight is 319 g/mol. The number of alkyl halides is 4. The summed E-state index contributed by atoms with van der Waals surface area (Å²) in [7, 11) is 0. The Labute approximate surface area is 125 Å². The molecular formula is C15H14ClF3O2. The first-order valence-corrected chi connectivity index (χ1v) is 6.88. The van der Waals surface area contributed by atoms with E-state index in [9.17, 15) is 13.2 Å². The Bertz CT molecular complexity index is 599. The molecule has 114 valence electrons. The summed E-state index contributed by atoms with van der Waals surface area (Å²) in [5.41, 5.74) is 0.825. The van der Waals surface area contributed by atoms with Gasteiger partial charge in [-0.25, -0.2) is 0 Å². The SMILES string of the molecule is FC(F)(F)COCCOc1ccc2ccccc2c1CCl. The molecule has 2 nitrogen and oxygen atoms in total. The fraction of sp³-hybridized carbons (Fsp3) is 0.333. The highest BCUT2D eigenvalue weighted by molar-refractivity contribution is 6.18. The van der Waals surface area contributed by atoms with E-state index in [0.717, 1.165) is 16.3 Å². The molecule has 2 aromatic carbocycles. The number of hydrogen-bond acceptors (Lipinski definition) is 2. The minimum atomic E-state index is -4.32. The highest BCUT2D eigenvalue weighted by Crippen LogP contribution is 2.29. The summed E-state index contributed by atoms with van der Waals surface area (Å²) in [6, 6.07) is 11.4. The van der Waals surface area contributed by atoms with Crippen LogP contribution >= 0.6 is 11.6 Å². The van der Waals surface area contributed by atoms with Crippen molar-refractivity contribution in [3.8, 4) is 5.75 Å². The zero-order valence-electron chi connectivity index (χ0n) is 11.1. The standard InChI is InChI=1S/C15H14ClF3O2/c16-9-13-12-4-2-1-3-11(12)5-6-14(13)21-8-7-20-10-15(17,18)19/h1-6H,7-10H2. The van der Waals surface area contributed by atoms with E-state index in [1.165, 1.54) is 0 Å². The molecule has 0 aliphatic rings. The maximum Gasteiger partial charge on any atom is 0.411 e. The molecule has 2 rings (SSSR count). The van der Waals surface area contributed by atoms with Crippen molar-refractivity contribution >= 4 is 22.4 Å². The van der Waals surface area contributed by atoms with Crippen LogP contribution in [0.2, 0.25) is 0 Å². The second kappa shape index (κ2) is 7.00. The minimum absolute atomic E-state index is 0.0400. The fourth-order valence-electron chi connectivity index (χ4n) is 1.99. The fourth-order valence-corrected chi connectivity index (χ4v) is 2.26. The van der Waals surface area contributed by atoms with Crippen LogP contribution in [0.25, 0.3) is 10.8 Å². The second-order valence-electron chi connectivity index (χ2n) is 4.41. The van der Waals surface area contributed by atoms with E-state index >= 15 is 0 Å². The van der Waals surface area contributed by atoms with Gasteiger partial charge in [0, 0.05) is 5.56 Å². The number of ether oxygens (including phenoxy) is 2. The molecule has 21 heavy (non-hydrogen) atoms. The summed E-state index contributed by atoms with van der Waals surface area (Å²) >= 11 is 5.95. The first-order chi connectivity index (χ1) is 10.0. The molecule has 6 heteroatoms. The van der Waals surface area contributed by atoms with Gasteiger partial charge in [0.25, 0.3) is 0 Å². The Hall–Kier alpha value is -1.46. The van der Waals surface area contributed by atoms with Crippen molar-refractivity contribution in [2.24, 2.45) is 0 Å². The van der Waals surface area contributed by atoms with Gasteiger partial charge in [-0.3, -0.25) is 0 Å². The predicted molar refractivity (Wildman–Crippen MR) is 75.9 cm³/mol. The molecule has 0 saturated carbocycles. The normalized spacial score (nSPS) is 11.8. The lowest BCUT2D eigenvalue weighted by Crippen LogP contribution is -2.19. The minimum Gasteiger partial charge on any atom is -0.491 e. The number of fused-ring (bicyclic) bond motifs is 1. The van der Waals surface area contributed by atoms with E-state index in [4.69, 9.17) is 16.3 Å². The van der Waals surface area contributed by atoms with E-state index in [1.54, 1.807) is 6.07 Å². The highest BCUT2D eigenvalue weighted by Gasteiger charge is 2.27. The van der Waals surface area contributed by atoms with E-state index < -0.39 is 12.8 Å². The van der Waals surface area contributed by atoms with Crippen LogP contribution in [0.5, 0.6) is 5.75 Å². The van der Waals surface area contributed by atoms with Crippen LogP contribution in [0.1, 0.15) is 5.56 Å². The molecule has 2 aromatic rings. The Kier molecular flexibility index (Phi) is 5.31. The monoisotopic (exact) mass is 318 g/mol. The van der Waals surface area contributed by atoms with Gasteiger partial charge in [0.05, 0.1) is 12.5 Å². The summed E-state index contributed by atoms with van der Waals surface area (Å²) in [4.78, 5) is 0. The third kappa shape index (κ3) is 4.51. The smallest absolute Gasteiger partial charge is 0.411 e. The van der Waals surface area contributed by atoms with Crippen molar-refractivity contribution in [2.75, 3.05) is 19.8 Å². The number of hydrogen-bond donors (Lipinski definition) is 0. The first kappa shape index (κ1) is 15.9. The first-order valence-electron chi connectivity index (χ1n) is 6.35. The zero-order valence-corrected chi connectivity index (χ0v) is 11.9. The highest BCUT2D eigenvalue weighted by atomic mass is 35.5. The number of halogens is 4. The number of benzene rings is 2. The quantitative estimate of drug-likeness (QED) is 0.575. The molecule has 0 bridgehead atoms.